The van der Waals surface area contributed by atoms with Crippen LogP contribution in [-0.2, 0) is 19.3 Å². The maximum absolute atomic E-state index is 2.57. The summed E-state index contributed by atoms with van der Waals surface area (Å²) in [5, 5.41) is 0. The summed E-state index contributed by atoms with van der Waals surface area (Å²) >= 11 is 0. The summed E-state index contributed by atoms with van der Waals surface area (Å²) in [6, 6.07) is 20.5. The van der Waals surface area contributed by atoms with Crippen molar-refractivity contribution >= 4 is 17.1 Å². The summed E-state index contributed by atoms with van der Waals surface area (Å²) in [5.74, 6) is 0. The zero-order valence-electron chi connectivity index (χ0n) is 20.3. The smallest absolute Gasteiger partial charge is 0.0532 e. The van der Waals surface area contributed by atoms with Crippen LogP contribution in [-0.4, -0.2) is 0 Å². The molecule has 0 fully saturated rings. The first kappa shape index (κ1) is 23.7. The van der Waals surface area contributed by atoms with Crippen LogP contribution >= 0.6 is 0 Å². The van der Waals surface area contributed by atoms with E-state index in [2.05, 4.69) is 59.5 Å². The molecule has 0 bridgehead atoms. The van der Waals surface area contributed by atoms with Gasteiger partial charge in [0.05, 0.1) is 17.1 Å². The fraction of sp³-hybridized carbons (Fsp3) is 0.379. The highest BCUT2D eigenvalue weighted by Crippen LogP contribution is 2.55. The van der Waals surface area contributed by atoms with E-state index in [9.17, 15) is 0 Å². The molecule has 3 aliphatic rings. The van der Waals surface area contributed by atoms with Gasteiger partial charge in [0.25, 0.3) is 0 Å². The van der Waals surface area contributed by atoms with Crippen molar-refractivity contribution in [1.82, 2.24) is 0 Å². The molecule has 0 N–H and O–H groups in total. The number of hydrogen-bond acceptors (Lipinski definition) is 1. The van der Waals surface area contributed by atoms with Crippen molar-refractivity contribution in [3.8, 4) is 0 Å². The van der Waals surface area contributed by atoms with E-state index in [4.69, 9.17) is 0 Å². The van der Waals surface area contributed by atoms with Gasteiger partial charge in [-0.3, -0.25) is 0 Å². The molecule has 0 aliphatic carbocycles. The second kappa shape index (κ2) is 11.0. The zero-order chi connectivity index (χ0) is 22.3. The number of anilines is 3. The third-order valence-corrected chi connectivity index (χ3v) is 5.42. The van der Waals surface area contributed by atoms with Crippen molar-refractivity contribution in [3.63, 3.8) is 0 Å². The number of para-hydroxylation sites is 3. The molecule has 0 unspecified atom stereocenters. The van der Waals surface area contributed by atoms with Crippen molar-refractivity contribution < 1.29 is 0 Å². The van der Waals surface area contributed by atoms with Gasteiger partial charge < -0.3 is 4.90 Å². The lowest BCUT2D eigenvalue weighted by molar-refractivity contribution is 0.956. The summed E-state index contributed by atoms with van der Waals surface area (Å²) < 4.78 is 0. The van der Waals surface area contributed by atoms with E-state index in [0.717, 1.165) is 19.3 Å². The molecule has 3 aromatic carbocycles. The van der Waals surface area contributed by atoms with E-state index in [1.54, 1.807) is 0 Å². The van der Waals surface area contributed by atoms with Crippen LogP contribution < -0.4 is 4.90 Å². The molecule has 1 heteroatoms. The number of rotatable bonds is 0. The first-order valence-electron chi connectivity index (χ1n) is 12.0. The zero-order valence-corrected chi connectivity index (χ0v) is 20.3. The summed E-state index contributed by atoms with van der Waals surface area (Å²) in [6.07, 6.45) is 3.21. The Morgan fingerprint density at radius 3 is 0.800 bits per heavy atom. The van der Waals surface area contributed by atoms with Crippen molar-refractivity contribution in [2.45, 2.75) is 74.7 Å². The van der Waals surface area contributed by atoms with Crippen LogP contribution in [0.1, 0.15) is 88.8 Å². The van der Waals surface area contributed by atoms with E-state index in [-0.39, 0.29) is 0 Å². The SMILES string of the molecule is CC.CC.CC.CC.c1cc2c3c(c1)Cc1cccc4c1N3c1c(cccc1C4)C2. The van der Waals surface area contributed by atoms with Gasteiger partial charge in [0.1, 0.15) is 0 Å². The minimum atomic E-state index is 1.07. The third kappa shape index (κ3) is 3.78. The topological polar surface area (TPSA) is 3.24 Å². The Kier molecular flexibility index (Phi) is 8.72. The highest BCUT2D eigenvalue weighted by atomic mass is 15.2. The summed E-state index contributed by atoms with van der Waals surface area (Å²) in [7, 11) is 0. The van der Waals surface area contributed by atoms with Gasteiger partial charge in [-0.1, -0.05) is 110 Å². The molecule has 0 radical (unpaired) electrons. The molecular weight excluding hydrogens is 362 g/mol. The van der Waals surface area contributed by atoms with Crippen LogP contribution in [0.4, 0.5) is 17.1 Å². The Balaban J connectivity index is 0.000000364. The predicted molar refractivity (Wildman–Crippen MR) is 135 cm³/mol. The molecular formula is C29H39N. The maximum atomic E-state index is 2.57. The average molecular weight is 402 g/mol. The monoisotopic (exact) mass is 401 g/mol. The molecule has 0 spiro atoms. The van der Waals surface area contributed by atoms with Crippen molar-refractivity contribution in [3.05, 3.63) is 88.0 Å². The van der Waals surface area contributed by atoms with E-state index in [1.165, 1.54) is 50.4 Å². The van der Waals surface area contributed by atoms with E-state index in [0.29, 0.717) is 0 Å². The van der Waals surface area contributed by atoms with Gasteiger partial charge in [0, 0.05) is 19.3 Å². The Morgan fingerprint density at radius 2 is 0.600 bits per heavy atom. The minimum absolute atomic E-state index is 1.07. The van der Waals surface area contributed by atoms with Gasteiger partial charge in [0.2, 0.25) is 0 Å². The molecule has 0 saturated heterocycles. The molecule has 3 aliphatic heterocycles. The van der Waals surface area contributed by atoms with Gasteiger partial charge in [-0.2, -0.15) is 0 Å². The summed E-state index contributed by atoms with van der Waals surface area (Å²) in [5.41, 5.74) is 13.2. The Morgan fingerprint density at radius 1 is 0.400 bits per heavy atom. The molecule has 30 heavy (non-hydrogen) atoms. The van der Waals surface area contributed by atoms with Crippen LogP contribution in [0.15, 0.2) is 54.6 Å². The number of hydrogen-bond donors (Lipinski definition) is 0. The number of benzene rings is 3. The molecule has 3 aromatic rings. The van der Waals surface area contributed by atoms with Gasteiger partial charge in [-0.25, -0.2) is 0 Å². The van der Waals surface area contributed by atoms with Crippen molar-refractivity contribution in [1.29, 1.82) is 0 Å². The van der Waals surface area contributed by atoms with E-state index < -0.39 is 0 Å². The molecule has 0 atom stereocenters. The second-order valence-electron chi connectivity index (χ2n) is 6.64. The maximum Gasteiger partial charge on any atom is 0.0532 e. The minimum Gasteiger partial charge on any atom is -0.309 e. The molecule has 0 aromatic heterocycles. The Bertz CT molecular complexity index is 780. The van der Waals surface area contributed by atoms with Crippen LogP contribution in [0.25, 0.3) is 0 Å². The van der Waals surface area contributed by atoms with Gasteiger partial charge >= 0.3 is 0 Å². The highest BCUT2D eigenvalue weighted by molar-refractivity contribution is 5.93. The van der Waals surface area contributed by atoms with Crippen molar-refractivity contribution in [2.24, 2.45) is 0 Å². The first-order valence-corrected chi connectivity index (χ1v) is 12.0. The fourth-order valence-electron chi connectivity index (χ4n) is 4.60. The lowest BCUT2D eigenvalue weighted by Gasteiger charge is -2.44. The lowest BCUT2D eigenvalue weighted by Crippen LogP contribution is -2.29. The predicted octanol–water partition coefficient (Wildman–Crippen LogP) is 8.97. The molecule has 0 saturated carbocycles. The van der Waals surface area contributed by atoms with Crippen LogP contribution in [0.5, 0.6) is 0 Å². The normalized spacial score (nSPS) is 12.2. The fourth-order valence-corrected chi connectivity index (χ4v) is 4.60. The van der Waals surface area contributed by atoms with Gasteiger partial charge in [-0.15, -0.1) is 0 Å². The Labute approximate surface area is 184 Å². The van der Waals surface area contributed by atoms with Gasteiger partial charge in [0.15, 0.2) is 0 Å². The molecule has 0 amide bonds. The van der Waals surface area contributed by atoms with Crippen LogP contribution in [0, 0.1) is 0 Å². The first-order chi connectivity index (χ1) is 14.9. The quantitative estimate of drug-likeness (QED) is 0.245. The molecule has 1 nitrogen and oxygen atoms in total. The average Bonchev–Trinajstić information content (AvgIpc) is 2.84. The Hall–Kier alpha value is -2.54. The van der Waals surface area contributed by atoms with E-state index >= 15 is 0 Å². The molecule has 160 valence electrons. The van der Waals surface area contributed by atoms with Crippen molar-refractivity contribution in [2.75, 3.05) is 4.90 Å². The van der Waals surface area contributed by atoms with Gasteiger partial charge in [-0.05, 0) is 33.4 Å². The lowest BCUT2D eigenvalue weighted by atomic mass is 9.80. The van der Waals surface area contributed by atoms with Crippen LogP contribution in [0.3, 0.4) is 0 Å². The molecule has 6 rings (SSSR count). The standard InChI is InChI=1S/C21H15N.4C2H6/c1-4-13-10-15-6-2-8-17-12-18-9-3-7-16-11-14(5-1)19(13)22(20(15)17)21(16)18;4*1-2/h1-9H,10-12H2;4*1-2H3. The largest absolute Gasteiger partial charge is 0.309 e. The molecule has 3 heterocycles. The summed E-state index contributed by atoms with van der Waals surface area (Å²) in [4.78, 5) is 2.57. The third-order valence-electron chi connectivity index (χ3n) is 5.42. The van der Waals surface area contributed by atoms with Crippen LogP contribution in [0.2, 0.25) is 0 Å². The van der Waals surface area contributed by atoms with E-state index in [1.807, 2.05) is 55.4 Å². The summed E-state index contributed by atoms with van der Waals surface area (Å²) in [6.45, 7) is 16.0. The number of nitrogens with zero attached hydrogens (tertiary/aromatic N) is 1. The highest BCUT2D eigenvalue weighted by Gasteiger charge is 2.36. The second-order valence-corrected chi connectivity index (χ2v) is 6.64.